The van der Waals surface area contributed by atoms with Gasteiger partial charge in [0, 0.05) is 0 Å². The topological polar surface area (TPSA) is 113 Å². The van der Waals surface area contributed by atoms with E-state index in [1.807, 2.05) is 20.8 Å². The van der Waals surface area contributed by atoms with Crippen LogP contribution in [-0.2, 0) is 19.1 Å². The molecule has 0 saturated carbocycles. The SMILES string of the molecule is CC(C)(C)COC(C)(C)[C@@H]1O[C@H](C(=O)O)[C@@H](O)[C@H](O)C1C=O. The van der Waals surface area contributed by atoms with E-state index < -0.39 is 41.9 Å². The number of hydrogen-bond donors (Lipinski definition) is 3. The van der Waals surface area contributed by atoms with Crippen LogP contribution < -0.4 is 0 Å². The van der Waals surface area contributed by atoms with Gasteiger partial charge in [0.1, 0.15) is 12.4 Å². The zero-order valence-corrected chi connectivity index (χ0v) is 13.6. The highest BCUT2D eigenvalue weighted by molar-refractivity contribution is 5.74. The highest BCUT2D eigenvalue weighted by atomic mass is 16.6. The smallest absolute Gasteiger partial charge is 0.335 e. The van der Waals surface area contributed by atoms with Crippen molar-refractivity contribution in [1.29, 1.82) is 0 Å². The molecular weight excluding hydrogens is 292 g/mol. The second kappa shape index (κ2) is 6.62. The van der Waals surface area contributed by atoms with Gasteiger partial charge in [0.2, 0.25) is 0 Å². The first-order valence-corrected chi connectivity index (χ1v) is 7.24. The van der Waals surface area contributed by atoms with E-state index in [0.717, 1.165) is 0 Å². The third kappa shape index (κ3) is 4.25. The lowest BCUT2D eigenvalue weighted by Gasteiger charge is -2.46. The molecule has 1 unspecified atom stereocenters. The number of rotatable bonds is 5. The van der Waals surface area contributed by atoms with Crippen molar-refractivity contribution in [2.24, 2.45) is 11.3 Å². The minimum Gasteiger partial charge on any atom is -0.479 e. The Morgan fingerprint density at radius 3 is 2.14 bits per heavy atom. The van der Waals surface area contributed by atoms with E-state index in [-0.39, 0.29) is 5.41 Å². The summed E-state index contributed by atoms with van der Waals surface area (Å²) in [5, 5.41) is 28.9. The summed E-state index contributed by atoms with van der Waals surface area (Å²) < 4.78 is 11.2. The molecule has 0 aromatic carbocycles. The zero-order valence-electron chi connectivity index (χ0n) is 13.6. The summed E-state index contributed by atoms with van der Waals surface area (Å²) in [6.45, 7) is 9.62. The van der Waals surface area contributed by atoms with E-state index >= 15 is 0 Å². The van der Waals surface area contributed by atoms with Crippen LogP contribution in [0.25, 0.3) is 0 Å². The van der Waals surface area contributed by atoms with E-state index in [1.54, 1.807) is 13.8 Å². The molecule has 0 spiro atoms. The molecule has 0 aromatic heterocycles. The number of carboxylic acids is 1. The maximum atomic E-state index is 11.3. The number of aliphatic hydroxyl groups is 2. The van der Waals surface area contributed by atoms with Crippen LogP contribution in [0.15, 0.2) is 0 Å². The third-order valence-corrected chi connectivity index (χ3v) is 3.66. The molecule has 0 aliphatic carbocycles. The van der Waals surface area contributed by atoms with Gasteiger partial charge in [0.25, 0.3) is 0 Å². The molecule has 0 amide bonds. The van der Waals surface area contributed by atoms with Crippen molar-refractivity contribution >= 4 is 12.3 Å². The Hall–Kier alpha value is -1.02. The van der Waals surface area contributed by atoms with Crippen LogP contribution in [0.3, 0.4) is 0 Å². The second-order valence-electron chi connectivity index (χ2n) is 7.46. The Labute approximate surface area is 130 Å². The van der Waals surface area contributed by atoms with Gasteiger partial charge in [0.15, 0.2) is 6.10 Å². The van der Waals surface area contributed by atoms with Gasteiger partial charge in [-0.15, -0.1) is 0 Å². The number of aliphatic hydroxyl groups excluding tert-OH is 2. The lowest BCUT2D eigenvalue weighted by Crippen LogP contribution is -2.63. The van der Waals surface area contributed by atoms with Crippen LogP contribution >= 0.6 is 0 Å². The highest BCUT2D eigenvalue weighted by Gasteiger charge is 2.52. The Morgan fingerprint density at radius 2 is 1.73 bits per heavy atom. The van der Waals surface area contributed by atoms with Crippen LogP contribution in [0.2, 0.25) is 0 Å². The van der Waals surface area contributed by atoms with E-state index in [4.69, 9.17) is 14.6 Å². The first-order valence-electron chi connectivity index (χ1n) is 7.24. The van der Waals surface area contributed by atoms with Gasteiger partial charge in [-0.25, -0.2) is 4.79 Å². The summed E-state index contributed by atoms with van der Waals surface area (Å²) in [5.74, 6) is -2.46. The summed E-state index contributed by atoms with van der Waals surface area (Å²) >= 11 is 0. The third-order valence-electron chi connectivity index (χ3n) is 3.66. The standard InChI is InChI=1S/C15H26O7/c1-14(2,3)7-21-15(4,5)12-8(6-16)9(17)10(18)11(22-12)13(19)20/h6,8-12,17-18H,7H2,1-5H3,(H,19,20)/t8?,9-,10+,11+,12-/m1/s1. The van der Waals surface area contributed by atoms with Crippen LogP contribution in [0.4, 0.5) is 0 Å². The van der Waals surface area contributed by atoms with Crippen LogP contribution in [0, 0.1) is 11.3 Å². The predicted octanol–water partition coefficient (Wildman–Crippen LogP) is 0.217. The fourth-order valence-electron chi connectivity index (χ4n) is 2.38. The number of aldehydes is 1. The van der Waals surface area contributed by atoms with E-state index in [2.05, 4.69) is 0 Å². The fraction of sp³-hybridized carbons (Fsp3) is 0.867. The molecule has 0 radical (unpaired) electrons. The first kappa shape index (κ1) is 19.0. The van der Waals surface area contributed by atoms with Crippen molar-refractivity contribution in [1.82, 2.24) is 0 Å². The Kier molecular flexibility index (Phi) is 5.72. The average Bonchev–Trinajstić information content (AvgIpc) is 2.38. The molecule has 0 aromatic rings. The Bertz CT molecular complexity index is 413. The number of ether oxygens (including phenoxy) is 2. The molecule has 22 heavy (non-hydrogen) atoms. The summed E-state index contributed by atoms with van der Waals surface area (Å²) in [4.78, 5) is 22.5. The van der Waals surface area contributed by atoms with Gasteiger partial charge in [-0.1, -0.05) is 20.8 Å². The lowest BCUT2D eigenvalue weighted by molar-refractivity contribution is -0.248. The van der Waals surface area contributed by atoms with Crippen molar-refractivity contribution in [2.45, 2.75) is 64.6 Å². The van der Waals surface area contributed by atoms with Crippen LogP contribution in [0.5, 0.6) is 0 Å². The van der Waals surface area contributed by atoms with Crippen molar-refractivity contribution in [3.8, 4) is 0 Å². The lowest BCUT2D eigenvalue weighted by atomic mass is 9.80. The van der Waals surface area contributed by atoms with Gasteiger partial charge < -0.3 is 29.6 Å². The largest absolute Gasteiger partial charge is 0.479 e. The average molecular weight is 318 g/mol. The Morgan fingerprint density at radius 1 is 1.18 bits per heavy atom. The van der Waals surface area contributed by atoms with E-state index in [9.17, 15) is 19.8 Å². The molecule has 1 heterocycles. The normalized spacial score (nSPS) is 33.5. The molecular formula is C15H26O7. The van der Waals surface area contributed by atoms with Crippen LogP contribution in [0.1, 0.15) is 34.6 Å². The van der Waals surface area contributed by atoms with Gasteiger partial charge in [-0.3, -0.25) is 0 Å². The minimum absolute atomic E-state index is 0.132. The molecule has 0 bridgehead atoms. The minimum atomic E-state index is -1.66. The number of carbonyl (C=O) groups excluding carboxylic acids is 1. The van der Waals surface area contributed by atoms with E-state index in [0.29, 0.717) is 12.9 Å². The summed E-state index contributed by atoms with van der Waals surface area (Å²) in [6, 6.07) is 0. The number of hydrogen-bond acceptors (Lipinski definition) is 6. The molecule has 1 rings (SSSR count). The van der Waals surface area contributed by atoms with Gasteiger partial charge >= 0.3 is 5.97 Å². The van der Waals surface area contributed by atoms with E-state index in [1.165, 1.54) is 0 Å². The number of carboxylic acid groups (broad SMARTS) is 1. The second-order valence-corrected chi connectivity index (χ2v) is 7.46. The predicted molar refractivity (Wildman–Crippen MR) is 77.4 cm³/mol. The maximum Gasteiger partial charge on any atom is 0.335 e. The Balaban J connectivity index is 3.01. The molecule has 5 atom stereocenters. The monoisotopic (exact) mass is 318 g/mol. The zero-order chi connectivity index (χ0) is 17.3. The van der Waals surface area contributed by atoms with Crippen molar-refractivity contribution < 1.29 is 34.4 Å². The number of carbonyl (C=O) groups is 2. The molecule has 7 nitrogen and oxygen atoms in total. The molecule has 7 heteroatoms. The molecule has 128 valence electrons. The quantitative estimate of drug-likeness (QED) is 0.621. The fourth-order valence-corrected chi connectivity index (χ4v) is 2.38. The van der Waals surface area contributed by atoms with Gasteiger partial charge in [0.05, 0.1) is 30.3 Å². The maximum absolute atomic E-state index is 11.3. The van der Waals surface area contributed by atoms with Crippen molar-refractivity contribution in [3.05, 3.63) is 0 Å². The molecule has 1 fully saturated rings. The molecule has 3 N–H and O–H groups in total. The van der Waals surface area contributed by atoms with Crippen LogP contribution in [-0.4, -0.2) is 64.2 Å². The number of aliphatic carboxylic acids is 1. The summed E-state index contributed by atoms with van der Waals surface area (Å²) in [7, 11) is 0. The molecule has 1 aliphatic rings. The molecule has 1 saturated heterocycles. The summed E-state index contributed by atoms with van der Waals surface area (Å²) in [6.07, 6.45) is -5.29. The van der Waals surface area contributed by atoms with Gasteiger partial charge in [-0.05, 0) is 19.3 Å². The van der Waals surface area contributed by atoms with Crippen molar-refractivity contribution in [2.75, 3.05) is 6.61 Å². The van der Waals surface area contributed by atoms with Gasteiger partial charge in [-0.2, -0.15) is 0 Å². The highest BCUT2D eigenvalue weighted by Crippen LogP contribution is 2.34. The van der Waals surface area contributed by atoms with Crippen molar-refractivity contribution in [3.63, 3.8) is 0 Å². The summed E-state index contributed by atoms with van der Waals surface area (Å²) in [5.41, 5.74) is -1.14. The first-order chi connectivity index (χ1) is 9.90. The molecule has 1 aliphatic heterocycles.